The second-order valence-corrected chi connectivity index (χ2v) is 4.72. The van der Waals surface area contributed by atoms with Crippen LogP contribution in [0.2, 0.25) is 0 Å². The molecule has 0 aliphatic carbocycles. The molecule has 0 bridgehead atoms. The number of benzene rings is 1. The highest BCUT2D eigenvalue weighted by atomic mass is 79.9. The van der Waals surface area contributed by atoms with E-state index in [4.69, 9.17) is 4.74 Å². The Morgan fingerprint density at radius 2 is 2.11 bits per heavy atom. The zero-order chi connectivity index (χ0) is 13.3. The standard InChI is InChI=1S/C13H12BrNO3/c1-3-18-13(17)12(16)8-4-5-11-9(6-8)10(14)7-15(11)2/h4-7H,3H2,1-2H3. The van der Waals surface area contributed by atoms with E-state index in [0.29, 0.717) is 5.56 Å². The fourth-order valence-electron chi connectivity index (χ4n) is 1.80. The van der Waals surface area contributed by atoms with Crippen molar-refractivity contribution < 1.29 is 14.3 Å². The minimum absolute atomic E-state index is 0.196. The summed E-state index contributed by atoms with van der Waals surface area (Å²) in [7, 11) is 1.92. The number of hydrogen-bond donors (Lipinski definition) is 0. The zero-order valence-corrected chi connectivity index (χ0v) is 11.7. The van der Waals surface area contributed by atoms with Crippen LogP contribution in [0.3, 0.4) is 0 Å². The number of ether oxygens (including phenoxy) is 1. The van der Waals surface area contributed by atoms with Crippen LogP contribution in [0.15, 0.2) is 28.9 Å². The third-order valence-corrected chi connectivity index (χ3v) is 3.30. The summed E-state index contributed by atoms with van der Waals surface area (Å²) in [5.41, 5.74) is 1.33. The van der Waals surface area contributed by atoms with E-state index in [-0.39, 0.29) is 6.61 Å². The molecule has 0 radical (unpaired) electrons. The van der Waals surface area contributed by atoms with E-state index in [0.717, 1.165) is 15.4 Å². The fourth-order valence-corrected chi connectivity index (χ4v) is 2.42. The van der Waals surface area contributed by atoms with Crippen LogP contribution in [-0.4, -0.2) is 22.9 Å². The maximum absolute atomic E-state index is 11.8. The number of nitrogens with zero attached hydrogens (tertiary/aromatic N) is 1. The fraction of sp³-hybridized carbons (Fsp3) is 0.231. The van der Waals surface area contributed by atoms with E-state index in [1.807, 2.05) is 23.9 Å². The maximum Gasteiger partial charge on any atom is 0.379 e. The largest absolute Gasteiger partial charge is 0.460 e. The Bertz CT molecular complexity index is 630. The summed E-state index contributed by atoms with van der Waals surface area (Å²) >= 11 is 3.42. The second kappa shape index (κ2) is 4.94. The van der Waals surface area contributed by atoms with Crippen molar-refractivity contribution >= 4 is 38.6 Å². The van der Waals surface area contributed by atoms with Gasteiger partial charge in [-0.3, -0.25) is 4.79 Å². The molecule has 0 N–H and O–H groups in total. The lowest BCUT2D eigenvalue weighted by molar-refractivity contribution is -0.137. The van der Waals surface area contributed by atoms with E-state index in [1.54, 1.807) is 19.1 Å². The Morgan fingerprint density at radius 1 is 1.39 bits per heavy atom. The van der Waals surface area contributed by atoms with Crippen LogP contribution in [0.1, 0.15) is 17.3 Å². The number of ketones is 1. The summed E-state index contributed by atoms with van der Waals surface area (Å²) in [6.45, 7) is 1.87. The van der Waals surface area contributed by atoms with Gasteiger partial charge in [-0.05, 0) is 41.1 Å². The number of aryl methyl sites for hydroxylation is 1. The van der Waals surface area contributed by atoms with Gasteiger partial charge in [0.2, 0.25) is 0 Å². The van der Waals surface area contributed by atoms with Crippen LogP contribution >= 0.6 is 15.9 Å². The molecule has 94 valence electrons. The Hall–Kier alpha value is -1.62. The molecule has 1 heterocycles. The van der Waals surface area contributed by atoms with Gasteiger partial charge in [0.15, 0.2) is 0 Å². The van der Waals surface area contributed by atoms with E-state index in [9.17, 15) is 9.59 Å². The average Bonchev–Trinajstić information content (AvgIpc) is 2.64. The van der Waals surface area contributed by atoms with Gasteiger partial charge in [0.25, 0.3) is 5.78 Å². The molecular formula is C13H12BrNO3. The molecule has 0 saturated carbocycles. The lowest BCUT2D eigenvalue weighted by atomic mass is 10.1. The van der Waals surface area contributed by atoms with Gasteiger partial charge in [-0.15, -0.1) is 0 Å². The number of halogens is 1. The SMILES string of the molecule is CCOC(=O)C(=O)c1ccc2c(c1)c(Br)cn2C. The molecule has 0 fully saturated rings. The molecule has 0 spiro atoms. The first kappa shape index (κ1) is 12.8. The van der Waals surface area contributed by atoms with E-state index < -0.39 is 11.8 Å². The van der Waals surface area contributed by atoms with Crippen LogP contribution in [0.5, 0.6) is 0 Å². The third-order valence-electron chi connectivity index (χ3n) is 2.66. The highest BCUT2D eigenvalue weighted by Crippen LogP contribution is 2.26. The maximum atomic E-state index is 11.8. The molecule has 0 atom stereocenters. The Kier molecular flexibility index (Phi) is 3.52. The number of esters is 1. The highest BCUT2D eigenvalue weighted by molar-refractivity contribution is 9.10. The molecule has 0 aliphatic rings. The van der Waals surface area contributed by atoms with Crippen molar-refractivity contribution in [3.8, 4) is 0 Å². The first-order valence-corrected chi connectivity index (χ1v) is 6.30. The van der Waals surface area contributed by atoms with Crippen molar-refractivity contribution in [3.05, 3.63) is 34.4 Å². The molecular weight excluding hydrogens is 298 g/mol. The molecule has 4 nitrogen and oxygen atoms in total. The normalized spacial score (nSPS) is 10.6. The second-order valence-electron chi connectivity index (χ2n) is 3.87. The molecule has 1 aromatic heterocycles. The minimum Gasteiger partial charge on any atom is -0.460 e. The predicted octanol–water partition coefficient (Wildman–Crippen LogP) is 2.69. The number of carbonyl (C=O) groups excluding carboxylic acids is 2. The van der Waals surface area contributed by atoms with Crippen molar-refractivity contribution in [2.24, 2.45) is 7.05 Å². The first-order valence-electron chi connectivity index (χ1n) is 5.50. The van der Waals surface area contributed by atoms with Gasteiger partial charge in [0.05, 0.1) is 6.61 Å². The Morgan fingerprint density at radius 3 is 2.78 bits per heavy atom. The zero-order valence-electron chi connectivity index (χ0n) is 10.1. The molecule has 18 heavy (non-hydrogen) atoms. The predicted molar refractivity (Wildman–Crippen MR) is 71.6 cm³/mol. The monoisotopic (exact) mass is 309 g/mol. The quantitative estimate of drug-likeness (QED) is 0.497. The van der Waals surface area contributed by atoms with E-state index >= 15 is 0 Å². The van der Waals surface area contributed by atoms with Crippen molar-refractivity contribution in [2.45, 2.75) is 6.92 Å². The summed E-state index contributed by atoms with van der Waals surface area (Å²) in [6, 6.07) is 5.14. The number of hydrogen-bond acceptors (Lipinski definition) is 3. The minimum atomic E-state index is -0.816. The average molecular weight is 310 g/mol. The molecule has 0 aliphatic heterocycles. The van der Waals surface area contributed by atoms with Crippen molar-refractivity contribution in [2.75, 3.05) is 6.61 Å². The van der Waals surface area contributed by atoms with Gasteiger partial charge < -0.3 is 9.30 Å². The topological polar surface area (TPSA) is 48.3 Å². The van der Waals surface area contributed by atoms with Gasteiger partial charge in [-0.25, -0.2) is 4.79 Å². The van der Waals surface area contributed by atoms with E-state index in [1.165, 1.54) is 0 Å². The van der Waals surface area contributed by atoms with Gasteiger partial charge in [0, 0.05) is 34.2 Å². The van der Waals surface area contributed by atoms with Crippen molar-refractivity contribution in [3.63, 3.8) is 0 Å². The molecule has 2 aromatic rings. The van der Waals surface area contributed by atoms with Gasteiger partial charge in [-0.1, -0.05) is 0 Å². The first-order chi connectivity index (χ1) is 8.54. The number of Topliss-reactive ketones (excluding diaryl/α,β-unsaturated/α-hetero) is 1. The summed E-state index contributed by atoms with van der Waals surface area (Å²) in [5.74, 6) is -1.43. The summed E-state index contributed by atoms with van der Waals surface area (Å²) in [4.78, 5) is 23.2. The van der Waals surface area contributed by atoms with Gasteiger partial charge in [0.1, 0.15) is 0 Å². The molecule has 2 rings (SSSR count). The van der Waals surface area contributed by atoms with Crippen LogP contribution in [0.4, 0.5) is 0 Å². The van der Waals surface area contributed by atoms with Crippen LogP contribution in [0, 0.1) is 0 Å². The lowest BCUT2D eigenvalue weighted by Gasteiger charge is -2.02. The molecule has 1 aromatic carbocycles. The van der Waals surface area contributed by atoms with Crippen LogP contribution in [-0.2, 0) is 16.6 Å². The molecule has 0 saturated heterocycles. The molecule has 0 unspecified atom stereocenters. The number of carbonyl (C=O) groups is 2. The Balaban J connectivity index is 2.44. The van der Waals surface area contributed by atoms with E-state index in [2.05, 4.69) is 15.9 Å². The van der Waals surface area contributed by atoms with Crippen molar-refractivity contribution in [1.29, 1.82) is 0 Å². The highest BCUT2D eigenvalue weighted by Gasteiger charge is 2.18. The summed E-state index contributed by atoms with van der Waals surface area (Å²) in [6.07, 6.45) is 1.91. The van der Waals surface area contributed by atoms with Gasteiger partial charge in [-0.2, -0.15) is 0 Å². The van der Waals surface area contributed by atoms with Crippen LogP contribution in [0.25, 0.3) is 10.9 Å². The van der Waals surface area contributed by atoms with Gasteiger partial charge >= 0.3 is 5.97 Å². The number of aromatic nitrogens is 1. The summed E-state index contributed by atoms with van der Waals surface area (Å²) in [5, 5.41) is 0.896. The number of rotatable bonds is 3. The Labute approximate surface area is 113 Å². The molecule has 0 amide bonds. The lowest BCUT2D eigenvalue weighted by Crippen LogP contribution is -2.17. The smallest absolute Gasteiger partial charge is 0.379 e. The third kappa shape index (κ3) is 2.18. The molecule has 5 heteroatoms. The summed E-state index contributed by atoms with van der Waals surface area (Å²) < 4.78 is 7.53. The van der Waals surface area contributed by atoms with Crippen LogP contribution < -0.4 is 0 Å². The number of fused-ring (bicyclic) bond motifs is 1. The van der Waals surface area contributed by atoms with Crippen molar-refractivity contribution in [1.82, 2.24) is 4.57 Å².